The largest absolute Gasteiger partial charge is 0.480 e. The fraction of sp³-hybridized carbons (Fsp3) is 0.818. The first kappa shape index (κ1) is 14.7. The molecule has 1 saturated heterocycles. The molecule has 1 aliphatic rings. The third-order valence-corrected chi connectivity index (χ3v) is 3.15. The molecule has 3 atom stereocenters. The number of hydrogen-bond acceptors (Lipinski definition) is 4. The highest BCUT2D eigenvalue weighted by atomic mass is 16.4. The Morgan fingerprint density at radius 3 is 2.22 bits per heavy atom. The van der Waals surface area contributed by atoms with E-state index in [-0.39, 0.29) is 13.1 Å². The molecule has 18 heavy (non-hydrogen) atoms. The van der Waals surface area contributed by atoms with Crippen molar-refractivity contribution in [3.8, 4) is 0 Å². The molecule has 0 spiro atoms. The van der Waals surface area contributed by atoms with Crippen LogP contribution in [0.4, 0.5) is 4.79 Å². The first-order valence-corrected chi connectivity index (χ1v) is 5.96. The number of carbonyl (C=O) groups excluding carboxylic acids is 1. The average molecular weight is 260 g/mol. The third-order valence-electron chi connectivity index (χ3n) is 3.15. The third kappa shape index (κ3) is 3.11. The zero-order valence-corrected chi connectivity index (χ0v) is 10.6. The molecule has 2 amide bonds. The zero-order valence-electron chi connectivity index (χ0n) is 10.6. The van der Waals surface area contributed by atoms with E-state index in [4.69, 9.17) is 5.11 Å². The molecule has 104 valence electrons. The monoisotopic (exact) mass is 260 g/mol. The van der Waals surface area contributed by atoms with E-state index < -0.39 is 29.7 Å². The van der Waals surface area contributed by atoms with Crippen molar-refractivity contribution in [3.63, 3.8) is 0 Å². The molecular formula is C11H20N2O5. The molecular weight excluding hydrogens is 240 g/mol. The normalized spacial score (nSPS) is 26.8. The van der Waals surface area contributed by atoms with Crippen molar-refractivity contribution in [2.24, 2.45) is 0 Å². The van der Waals surface area contributed by atoms with E-state index in [2.05, 4.69) is 5.32 Å². The Morgan fingerprint density at radius 1 is 1.33 bits per heavy atom. The zero-order chi connectivity index (χ0) is 13.9. The van der Waals surface area contributed by atoms with Crippen LogP contribution in [-0.4, -0.2) is 63.1 Å². The van der Waals surface area contributed by atoms with Crippen molar-refractivity contribution in [3.05, 3.63) is 0 Å². The lowest BCUT2D eigenvalue weighted by atomic mass is 9.96. The van der Waals surface area contributed by atoms with E-state index in [0.29, 0.717) is 12.8 Å². The Labute approximate surface area is 105 Å². The van der Waals surface area contributed by atoms with Gasteiger partial charge in [0.1, 0.15) is 5.54 Å². The van der Waals surface area contributed by atoms with Gasteiger partial charge in [-0.1, -0.05) is 13.3 Å². The fourth-order valence-corrected chi connectivity index (χ4v) is 1.97. The van der Waals surface area contributed by atoms with Crippen molar-refractivity contribution < 1.29 is 24.9 Å². The summed E-state index contributed by atoms with van der Waals surface area (Å²) in [5.41, 5.74) is -1.33. The summed E-state index contributed by atoms with van der Waals surface area (Å²) in [5.74, 6) is -1.10. The minimum atomic E-state index is -1.33. The minimum absolute atomic E-state index is 0.00875. The van der Waals surface area contributed by atoms with Gasteiger partial charge in [-0.15, -0.1) is 0 Å². The van der Waals surface area contributed by atoms with Crippen LogP contribution in [0.5, 0.6) is 0 Å². The molecule has 0 saturated carbocycles. The predicted octanol–water partition coefficient (Wildman–Crippen LogP) is -0.623. The average Bonchev–Trinajstić information content (AvgIpc) is 2.59. The maximum Gasteiger partial charge on any atom is 0.329 e. The summed E-state index contributed by atoms with van der Waals surface area (Å²) < 4.78 is 0. The standard InChI is InChI=1S/C11H20N2O5/c1-3-4-11(2,9(16)17)12-10(18)13-5-7(14)8(15)6-13/h7-8,14-15H,3-6H2,1-2H3,(H,12,18)(H,16,17). The minimum Gasteiger partial charge on any atom is -0.480 e. The lowest BCUT2D eigenvalue weighted by Gasteiger charge is -2.28. The van der Waals surface area contributed by atoms with Gasteiger partial charge in [-0.05, 0) is 13.3 Å². The molecule has 0 radical (unpaired) electrons. The molecule has 0 aromatic carbocycles. The van der Waals surface area contributed by atoms with Crippen LogP contribution in [0.2, 0.25) is 0 Å². The number of hydrogen-bond donors (Lipinski definition) is 4. The van der Waals surface area contributed by atoms with Crippen LogP contribution in [0.3, 0.4) is 0 Å². The molecule has 0 aromatic heterocycles. The number of aliphatic hydroxyl groups excluding tert-OH is 2. The highest BCUT2D eigenvalue weighted by molar-refractivity contribution is 5.86. The van der Waals surface area contributed by atoms with Gasteiger partial charge in [0, 0.05) is 0 Å². The molecule has 1 heterocycles. The number of nitrogens with zero attached hydrogens (tertiary/aromatic N) is 1. The summed E-state index contributed by atoms with van der Waals surface area (Å²) in [6.45, 7) is 3.29. The van der Waals surface area contributed by atoms with Crippen LogP contribution in [0, 0.1) is 0 Å². The summed E-state index contributed by atoms with van der Waals surface area (Å²) >= 11 is 0. The second-order valence-electron chi connectivity index (χ2n) is 4.86. The number of urea groups is 1. The number of nitrogens with one attached hydrogen (secondary N) is 1. The van der Waals surface area contributed by atoms with Crippen LogP contribution < -0.4 is 5.32 Å². The van der Waals surface area contributed by atoms with E-state index in [1.165, 1.54) is 11.8 Å². The maximum atomic E-state index is 11.9. The number of carboxylic acids is 1. The molecule has 0 bridgehead atoms. The molecule has 1 aliphatic heterocycles. The Kier molecular flexibility index (Phi) is 4.53. The topological polar surface area (TPSA) is 110 Å². The second-order valence-corrected chi connectivity index (χ2v) is 4.86. The van der Waals surface area contributed by atoms with Crippen molar-refractivity contribution >= 4 is 12.0 Å². The quantitative estimate of drug-likeness (QED) is 0.538. The number of aliphatic carboxylic acids is 1. The van der Waals surface area contributed by atoms with Crippen LogP contribution in [-0.2, 0) is 4.79 Å². The van der Waals surface area contributed by atoms with E-state index >= 15 is 0 Å². The Morgan fingerprint density at radius 2 is 1.83 bits per heavy atom. The number of carboxylic acid groups (broad SMARTS) is 1. The molecule has 0 aromatic rings. The van der Waals surface area contributed by atoms with E-state index in [1.54, 1.807) is 0 Å². The van der Waals surface area contributed by atoms with Crippen molar-refractivity contribution in [2.45, 2.75) is 44.4 Å². The van der Waals surface area contributed by atoms with Gasteiger partial charge >= 0.3 is 12.0 Å². The van der Waals surface area contributed by atoms with E-state index in [1.807, 2.05) is 6.92 Å². The predicted molar refractivity (Wildman–Crippen MR) is 63.1 cm³/mol. The summed E-state index contributed by atoms with van der Waals surface area (Å²) in [7, 11) is 0. The number of β-amino-alcohol motifs (C(OH)–C–C–N with tert-alkyl or cyclic N) is 2. The van der Waals surface area contributed by atoms with Crippen LogP contribution >= 0.6 is 0 Å². The molecule has 7 heteroatoms. The van der Waals surface area contributed by atoms with Crippen molar-refractivity contribution in [1.82, 2.24) is 10.2 Å². The fourth-order valence-electron chi connectivity index (χ4n) is 1.97. The Hall–Kier alpha value is -1.34. The lowest BCUT2D eigenvalue weighted by molar-refractivity contribution is -0.144. The summed E-state index contributed by atoms with van der Waals surface area (Å²) in [5, 5.41) is 30.2. The first-order chi connectivity index (χ1) is 8.30. The maximum absolute atomic E-state index is 11.9. The molecule has 3 unspecified atom stereocenters. The van der Waals surface area contributed by atoms with Crippen molar-refractivity contribution in [2.75, 3.05) is 13.1 Å². The first-order valence-electron chi connectivity index (χ1n) is 5.96. The van der Waals surface area contributed by atoms with Crippen LogP contribution in [0.1, 0.15) is 26.7 Å². The summed E-state index contributed by atoms with van der Waals surface area (Å²) in [6, 6.07) is -0.580. The Bertz CT molecular complexity index is 325. The SMILES string of the molecule is CCCC(C)(NC(=O)N1CC(O)C(O)C1)C(=O)O. The van der Waals surface area contributed by atoms with Gasteiger partial charge in [0.25, 0.3) is 0 Å². The summed E-state index contributed by atoms with van der Waals surface area (Å²) in [4.78, 5) is 24.2. The number of aliphatic hydroxyl groups is 2. The highest BCUT2D eigenvalue weighted by Gasteiger charge is 2.38. The van der Waals surface area contributed by atoms with Gasteiger partial charge in [0.15, 0.2) is 0 Å². The molecule has 1 rings (SSSR count). The lowest BCUT2D eigenvalue weighted by Crippen LogP contribution is -2.55. The van der Waals surface area contributed by atoms with E-state index in [0.717, 1.165) is 0 Å². The second kappa shape index (κ2) is 5.53. The Balaban J connectivity index is 2.65. The molecule has 0 aliphatic carbocycles. The van der Waals surface area contributed by atoms with Gasteiger partial charge in [-0.2, -0.15) is 0 Å². The van der Waals surface area contributed by atoms with Crippen molar-refractivity contribution in [1.29, 1.82) is 0 Å². The molecule has 1 fully saturated rings. The molecule has 7 nitrogen and oxygen atoms in total. The number of likely N-dealkylation sites (tertiary alicyclic amines) is 1. The van der Waals surface area contributed by atoms with Gasteiger partial charge in [0.05, 0.1) is 25.3 Å². The van der Waals surface area contributed by atoms with Gasteiger partial charge < -0.3 is 25.5 Å². The van der Waals surface area contributed by atoms with Gasteiger partial charge in [-0.3, -0.25) is 0 Å². The number of amides is 2. The van der Waals surface area contributed by atoms with Gasteiger partial charge in [0.2, 0.25) is 0 Å². The summed E-state index contributed by atoms with van der Waals surface area (Å²) in [6.07, 6.45) is -1.02. The number of rotatable bonds is 4. The smallest absolute Gasteiger partial charge is 0.329 e. The number of carbonyl (C=O) groups is 2. The van der Waals surface area contributed by atoms with E-state index in [9.17, 15) is 19.8 Å². The van der Waals surface area contributed by atoms with Crippen LogP contribution in [0.15, 0.2) is 0 Å². The highest BCUT2D eigenvalue weighted by Crippen LogP contribution is 2.15. The van der Waals surface area contributed by atoms with Gasteiger partial charge in [-0.25, -0.2) is 9.59 Å². The molecule has 4 N–H and O–H groups in total. The van der Waals surface area contributed by atoms with Crippen LogP contribution in [0.25, 0.3) is 0 Å².